The lowest BCUT2D eigenvalue weighted by Crippen LogP contribution is -2.38. The number of hydrogen-bond donors (Lipinski definition) is 3. The number of carbonyl (C=O) groups is 3. The van der Waals surface area contributed by atoms with Gasteiger partial charge in [-0.05, 0) is 35.7 Å². The molecule has 0 fully saturated rings. The Morgan fingerprint density at radius 1 is 1.00 bits per heavy atom. The zero-order valence-electron chi connectivity index (χ0n) is 14.8. The van der Waals surface area contributed by atoms with E-state index in [2.05, 4.69) is 5.32 Å². The fourth-order valence-corrected chi connectivity index (χ4v) is 2.90. The summed E-state index contributed by atoms with van der Waals surface area (Å²) in [5, 5.41) is 20.6. The van der Waals surface area contributed by atoms with Crippen LogP contribution in [-0.4, -0.2) is 34.1 Å². The SMILES string of the molecule is O=C(O)CCC(=O)N[C@@H](CC(=O)O)Cc1ccc(-c2cc(Cl)ccc2F)cc1. The number of amides is 1. The zero-order valence-corrected chi connectivity index (χ0v) is 15.6. The van der Waals surface area contributed by atoms with Crippen LogP contribution in [0.4, 0.5) is 4.39 Å². The summed E-state index contributed by atoms with van der Waals surface area (Å²) in [7, 11) is 0. The summed E-state index contributed by atoms with van der Waals surface area (Å²) in [4.78, 5) is 33.4. The molecule has 148 valence electrons. The molecule has 0 aromatic heterocycles. The van der Waals surface area contributed by atoms with E-state index in [1.165, 1.54) is 18.2 Å². The number of halogens is 2. The number of carbonyl (C=O) groups excluding carboxylic acids is 1. The van der Waals surface area contributed by atoms with Gasteiger partial charge >= 0.3 is 11.9 Å². The molecule has 6 nitrogen and oxygen atoms in total. The van der Waals surface area contributed by atoms with Crippen molar-refractivity contribution < 1.29 is 29.0 Å². The van der Waals surface area contributed by atoms with Crippen LogP contribution in [0.5, 0.6) is 0 Å². The minimum absolute atomic E-state index is 0.224. The van der Waals surface area contributed by atoms with Crippen LogP contribution in [0.3, 0.4) is 0 Å². The first-order valence-corrected chi connectivity index (χ1v) is 8.89. The molecule has 0 saturated carbocycles. The van der Waals surface area contributed by atoms with Gasteiger partial charge in [-0.15, -0.1) is 0 Å². The van der Waals surface area contributed by atoms with E-state index >= 15 is 0 Å². The monoisotopic (exact) mass is 407 g/mol. The standard InChI is InChI=1S/C20H19ClFNO5/c21-14-5-6-17(22)16(10-14)13-3-1-12(2-4-13)9-15(11-20(27)28)23-18(24)7-8-19(25)26/h1-6,10,15H,7-9,11H2,(H,23,24)(H,25,26)(H,27,28)/t15-/m1/s1. The smallest absolute Gasteiger partial charge is 0.305 e. The molecule has 1 amide bonds. The molecule has 0 bridgehead atoms. The molecule has 0 unspecified atom stereocenters. The van der Waals surface area contributed by atoms with Crippen LogP contribution in [-0.2, 0) is 20.8 Å². The molecule has 0 heterocycles. The molecule has 2 rings (SSSR count). The maximum absolute atomic E-state index is 14.0. The van der Waals surface area contributed by atoms with E-state index in [4.69, 9.17) is 21.8 Å². The number of hydrogen-bond acceptors (Lipinski definition) is 3. The van der Waals surface area contributed by atoms with Gasteiger partial charge in [0.25, 0.3) is 0 Å². The Labute approximate surface area is 165 Å². The van der Waals surface area contributed by atoms with Gasteiger partial charge < -0.3 is 15.5 Å². The Kier molecular flexibility index (Phi) is 7.52. The highest BCUT2D eigenvalue weighted by Gasteiger charge is 2.17. The van der Waals surface area contributed by atoms with Crippen LogP contribution < -0.4 is 5.32 Å². The fourth-order valence-electron chi connectivity index (χ4n) is 2.73. The van der Waals surface area contributed by atoms with E-state index < -0.39 is 29.7 Å². The summed E-state index contributed by atoms with van der Waals surface area (Å²) in [6.07, 6.45) is -0.614. The van der Waals surface area contributed by atoms with Gasteiger partial charge in [0.1, 0.15) is 5.82 Å². The first-order chi connectivity index (χ1) is 13.2. The number of rotatable bonds is 9. The molecule has 2 aromatic rings. The number of nitrogens with one attached hydrogen (secondary N) is 1. The van der Waals surface area contributed by atoms with E-state index in [0.717, 1.165) is 5.56 Å². The van der Waals surface area contributed by atoms with Crippen molar-refractivity contribution in [1.82, 2.24) is 5.32 Å². The van der Waals surface area contributed by atoms with E-state index in [-0.39, 0.29) is 25.7 Å². The largest absolute Gasteiger partial charge is 0.481 e. The van der Waals surface area contributed by atoms with Crippen LogP contribution >= 0.6 is 11.6 Å². The van der Waals surface area contributed by atoms with Crippen molar-refractivity contribution in [2.45, 2.75) is 31.7 Å². The Bertz CT molecular complexity index is 869. The van der Waals surface area contributed by atoms with Crippen LogP contribution in [0.2, 0.25) is 5.02 Å². The first-order valence-electron chi connectivity index (χ1n) is 8.52. The summed E-state index contributed by atoms with van der Waals surface area (Å²) >= 11 is 5.91. The Hall–Kier alpha value is -2.93. The molecule has 0 aliphatic heterocycles. The van der Waals surface area contributed by atoms with Gasteiger partial charge in [0.15, 0.2) is 0 Å². The minimum atomic E-state index is -1.10. The predicted molar refractivity (Wildman–Crippen MR) is 102 cm³/mol. The molecule has 2 aromatic carbocycles. The molecule has 0 aliphatic carbocycles. The molecular formula is C20H19ClFNO5. The fraction of sp³-hybridized carbons (Fsp3) is 0.250. The van der Waals surface area contributed by atoms with Gasteiger partial charge in [-0.3, -0.25) is 14.4 Å². The van der Waals surface area contributed by atoms with E-state index in [1.54, 1.807) is 24.3 Å². The summed E-state index contributed by atoms with van der Waals surface area (Å²) in [5.41, 5.74) is 1.71. The number of carboxylic acids is 2. The lowest BCUT2D eigenvalue weighted by Gasteiger charge is -2.17. The number of carboxylic acid groups (broad SMARTS) is 2. The Morgan fingerprint density at radius 3 is 2.29 bits per heavy atom. The molecule has 0 saturated heterocycles. The highest BCUT2D eigenvalue weighted by Crippen LogP contribution is 2.26. The first kappa shape index (κ1) is 21.4. The highest BCUT2D eigenvalue weighted by atomic mass is 35.5. The van der Waals surface area contributed by atoms with Crippen LogP contribution in [0.15, 0.2) is 42.5 Å². The average Bonchev–Trinajstić information content (AvgIpc) is 2.62. The number of aliphatic carboxylic acids is 2. The van der Waals surface area contributed by atoms with Gasteiger partial charge in [0, 0.05) is 23.0 Å². The van der Waals surface area contributed by atoms with Crippen molar-refractivity contribution in [2.75, 3.05) is 0 Å². The third kappa shape index (κ3) is 6.66. The van der Waals surface area contributed by atoms with Gasteiger partial charge in [-0.1, -0.05) is 35.9 Å². The maximum atomic E-state index is 14.0. The second-order valence-corrected chi connectivity index (χ2v) is 6.72. The molecular weight excluding hydrogens is 389 g/mol. The summed E-state index contributed by atoms with van der Waals surface area (Å²) < 4.78 is 14.0. The second-order valence-electron chi connectivity index (χ2n) is 6.28. The van der Waals surface area contributed by atoms with Gasteiger partial charge in [-0.25, -0.2) is 4.39 Å². The highest BCUT2D eigenvalue weighted by molar-refractivity contribution is 6.30. The molecule has 1 atom stereocenters. The molecule has 28 heavy (non-hydrogen) atoms. The van der Waals surface area contributed by atoms with Crippen LogP contribution in [0.1, 0.15) is 24.8 Å². The molecule has 0 aliphatic rings. The lowest BCUT2D eigenvalue weighted by atomic mass is 9.99. The molecule has 0 spiro atoms. The summed E-state index contributed by atoms with van der Waals surface area (Å²) in [6, 6.07) is 10.4. The van der Waals surface area contributed by atoms with E-state index in [9.17, 15) is 18.8 Å². The summed E-state index contributed by atoms with van der Waals surface area (Å²) in [5.74, 6) is -3.12. The predicted octanol–water partition coefficient (Wildman–Crippen LogP) is 3.51. The van der Waals surface area contributed by atoms with Crippen molar-refractivity contribution in [3.63, 3.8) is 0 Å². The van der Waals surface area contributed by atoms with Crippen molar-refractivity contribution in [3.8, 4) is 11.1 Å². The quantitative estimate of drug-likeness (QED) is 0.590. The van der Waals surface area contributed by atoms with Crippen LogP contribution in [0, 0.1) is 5.82 Å². The third-order valence-corrected chi connectivity index (χ3v) is 4.26. The topological polar surface area (TPSA) is 104 Å². The third-order valence-electron chi connectivity index (χ3n) is 4.03. The Balaban J connectivity index is 2.09. The summed E-state index contributed by atoms with van der Waals surface area (Å²) in [6.45, 7) is 0. The van der Waals surface area contributed by atoms with E-state index in [0.29, 0.717) is 16.1 Å². The molecule has 8 heteroatoms. The van der Waals surface area contributed by atoms with E-state index in [1.807, 2.05) is 0 Å². The van der Waals surface area contributed by atoms with Gasteiger partial charge in [-0.2, -0.15) is 0 Å². The normalized spacial score (nSPS) is 11.6. The van der Waals surface area contributed by atoms with Crippen molar-refractivity contribution >= 4 is 29.4 Å². The lowest BCUT2D eigenvalue weighted by molar-refractivity contribution is -0.140. The van der Waals surface area contributed by atoms with Gasteiger partial charge in [0.05, 0.1) is 12.8 Å². The van der Waals surface area contributed by atoms with Crippen LogP contribution in [0.25, 0.3) is 11.1 Å². The zero-order chi connectivity index (χ0) is 20.7. The Morgan fingerprint density at radius 2 is 1.68 bits per heavy atom. The average molecular weight is 408 g/mol. The second kappa shape index (κ2) is 9.85. The van der Waals surface area contributed by atoms with Crippen molar-refractivity contribution in [3.05, 3.63) is 58.9 Å². The molecule has 0 radical (unpaired) electrons. The maximum Gasteiger partial charge on any atom is 0.305 e. The number of benzene rings is 2. The van der Waals surface area contributed by atoms with Crippen molar-refractivity contribution in [1.29, 1.82) is 0 Å². The minimum Gasteiger partial charge on any atom is -0.481 e. The van der Waals surface area contributed by atoms with Crippen molar-refractivity contribution in [2.24, 2.45) is 0 Å². The molecule has 3 N–H and O–H groups in total. The van der Waals surface area contributed by atoms with Gasteiger partial charge in [0.2, 0.25) is 5.91 Å².